The predicted molar refractivity (Wildman–Crippen MR) is 46.0 cm³/mol. The number of carboxylic acids is 1. The highest BCUT2D eigenvalue weighted by atomic mass is 16.4. The molecule has 0 saturated carbocycles. The van der Waals surface area contributed by atoms with Crippen molar-refractivity contribution in [2.24, 2.45) is 0 Å². The molecule has 0 saturated heterocycles. The smallest absolute Gasteiger partial charge is 0.300 e. The minimum Gasteiger partial charge on any atom is -0.481 e. The van der Waals surface area contributed by atoms with Gasteiger partial charge in [-0.1, -0.05) is 6.92 Å². The first-order valence-corrected chi connectivity index (χ1v) is 3.76. The van der Waals surface area contributed by atoms with E-state index in [1.54, 1.807) is 0 Å². The number of hydrogen-bond donors (Lipinski definition) is 2. The van der Waals surface area contributed by atoms with E-state index in [4.69, 9.17) is 9.90 Å². The van der Waals surface area contributed by atoms with E-state index in [-0.39, 0.29) is 0 Å². The molecule has 2 N–H and O–H groups in total. The summed E-state index contributed by atoms with van der Waals surface area (Å²) in [6, 6.07) is 0. The van der Waals surface area contributed by atoms with Gasteiger partial charge in [0.2, 0.25) is 0 Å². The minimum absolute atomic E-state index is 0.833. The third-order valence-electron chi connectivity index (χ3n) is 1.14. The van der Waals surface area contributed by atoms with E-state index in [0.29, 0.717) is 0 Å². The second-order valence-corrected chi connectivity index (χ2v) is 2.37. The average Bonchev–Trinajstić information content (AvgIpc) is 2.34. The summed E-state index contributed by atoms with van der Waals surface area (Å²) in [6.45, 7) is 5.14. The van der Waals surface area contributed by atoms with Crippen molar-refractivity contribution in [2.45, 2.75) is 27.2 Å². The van der Waals surface area contributed by atoms with Crippen LogP contribution in [0.5, 0.6) is 0 Å². The molecule has 0 unspecified atom stereocenters. The first-order chi connectivity index (χ1) is 5.56. The predicted octanol–water partition coefficient (Wildman–Crippen LogP) is 1.37. The molecule has 0 aliphatic rings. The van der Waals surface area contributed by atoms with Crippen LogP contribution in [-0.2, 0) is 11.2 Å². The lowest BCUT2D eigenvalue weighted by atomic mass is 10.4. The molecule has 12 heavy (non-hydrogen) atoms. The van der Waals surface area contributed by atoms with Crippen molar-refractivity contribution < 1.29 is 9.90 Å². The summed E-state index contributed by atoms with van der Waals surface area (Å²) in [5, 5.41) is 7.42. The number of aromatic nitrogens is 2. The molecular weight excluding hydrogens is 156 g/mol. The van der Waals surface area contributed by atoms with E-state index in [1.165, 1.54) is 5.69 Å². The van der Waals surface area contributed by atoms with E-state index in [9.17, 15) is 0 Å². The Hall–Kier alpha value is -1.32. The second kappa shape index (κ2) is 5.35. The molecule has 0 atom stereocenters. The highest BCUT2D eigenvalue weighted by Crippen LogP contribution is 1.94. The number of aromatic amines is 1. The maximum absolute atomic E-state index is 9.00. The molecular formula is C8H14N2O2. The third kappa shape index (κ3) is 5.46. The Balaban J connectivity index is 0.000000261. The number of nitrogens with one attached hydrogen (secondary N) is 1. The van der Waals surface area contributed by atoms with Crippen LogP contribution in [0.3, 0.4) is 0 Å². The van der Waals surface area contributed by atoms with E-state index in [0.717, 1.165) is 19.2 Å². The maximum Gasteiger partial charge on any atom is 0.300 e. The van der Waals surface area contributed by atoms with Crippen LogP contribution >= 0.6 is 0 Å². The van der Waals surface area contributed by atoms with Gasteiger partial charge < -0.3 is 10.1 Å². The zero-order valence-corrected chi connectivity index (χ0v) is 7.59. The zero-order valence-electron chi connectivity index (χ0n) is 7.59. The highest BCUT2D eigenvalue weighted by Gasteiger charge is 1.89. The Bertz CT molecular complexity index is 239. The highest BCUT2D eigenvalue weighted by molar-refractivity contribution is 5.62. The van der Waals surface area contributed by atoms with Gasteiger partial charge in [-0.25, -0.2) is 4.98 Å². The van der Waals surface area contributed by atoms with Crippen molar-refractivity contribution in [3.8, 4) is 0 Å². The van der Waals surface area contributed by atoms with Gasteiger partial charge in [-0.05, 0) is 13.3 Å². The van der Waals surface area contributed by atoms with Gasteiger partial charge in [-0.2, -0.15) is 0 Å². The third-order valence-corrected chi connectivity index (χ3v) is 1.14. The molecule has 0 bridgehead atoms. The summed E-state index contributed by atoms with van der Waals surface area (Å²) in [4.78, 5) is 16.1. The van der Waals surface area contributed by atoms with Gasteiger partial charge in [0.25, 0.3) is 5.97 Å². The van der Waals surface area contributed by atoms with Gasteiger partial charge >= 0.3 is 0 Å². The number of aryl methyl sites for hydroxylation is 2. The molecule has 0 fully saturated rings. The number of nitrogens with zero attached hydrogens (tertiary/aromatic N) is 1. The summed E-state index contributed by atoms with van der Waals surface area (Å²) in [5.41, 5.74) is 1.21. The van der Waals surface area contributed by atoms with Crippen LogP contribution in [0.15, 0.2) is 6.20 Å². The zero-order chi connectivity index (χ0) is 9.56. The Morgan fingerprint density at radius 2 is 2.25 bits per heavy atom. The standard InChI is InChI=1S/C6H10N2.C2H4O2/c1-3-6-4-7-5(2)8-6;1-2(3)4/h4H,3H2,1-2H3,(H,7,8);1H3,(H,3,4). The number of carbonyl (C=O) groups is 1. The van der Waals surface area contributed by atoms with E-state index >= 15 is 0 Å². The summed E-state index contributed by atoms with van der Waals surface area (Å²) < 4.78 is 0. The van der Waals surface area contributed by atoms with Crippen LogP contribution < -0.4 is 0 Å². The fraction of sp³-hybridized carbons (Fsp3) is 0.500. The molecule has 0 spiro atoms. The summed E-state index contributed by atoms with van der Waals surface area (Å²) in [6.07, 6.45) is 2.91. The van der Waals surface area contributed by atoms with Crippen LogP contribution in [-0.4, -0.2) is 21.0 Å². The lowest BCUT2D eigenvalue weighted by Gasteiger charge is -1.82. The molecule has 0 aromatic carbocycles. The largest absolute Gasteiger partial charge is 0.481 e. The van der Waals surface area contributed by atoms with E-state index in [2.05, 4.69) is 16.9 Å². The molecule has 0 aliphatic heterocycles. The SMILES string of the molecule is CC(=O)O.CCc1cnc(C)[nH]1. The Morgan fingerprint density at radius 1 is 1.75 bits per heavy atom. The first kappa shape index (κ1) is 10.7. The molecule has 1 heterocycles. The maximum atomic E-state index is 9.00. The van der Waals surface area contributed by atoms with Crippen LogP contribution in [0.1, 0.15) is 25.4 Å². The average molecular weight is 170 g/mol. The summed E-state index contributed by atoms with van der Waals surface area (Å²) >= 11 is 0. The number of aliphatic carboxylic acids is 1. The molecule has 1 aromatic rings. The van der Waals surface area contributed by atoms with Gasteiger partial charge in [-0.3, -0.25) is 4.79 Å². The van der Waals surface area contributed by atoms with Crippen molar-refractivity contribution in [1.82, 2.24) is 9.97 Å². The fourth-order valence-corrected chi connectivity index (χ4v) is 0.651. The Morgan fingerprint density at radius 3 is 2.42 bits per heavy atom. The van der Waals surface area contributed by atoms with Crippen molar-refractivity contribution in [2.75, 3.05) is 0 Å². The molecule has 0 amide bonds. The van der Waals surface area contributed by atoms with Crippen LogP contribution in [0.25, 0.3) is 0 Å². The Labute approximate surface area is 71.6 Å². The number of H-pyrrole nitrogens is 1. The summed E-state index contributed by atoms with van der Waals surface area (Å²) in [7, 11) is 0. The Kier molecular flexibility index (Phi) is 4.76. The second-order valence-electron chi connectivity index (χ2n) is 2.37. The molecule has 1 aromatic heterocycles. The number of carboxylic acid groups (broad SMARTS) is 1. The normalized spacial score (nSPS) is 8.58. The molecule has 1 rings (SSSR count). The van der Waals surface area contributed by atoms with Crippen molar-refractivity contribution in [3.63, 3.8) is 0 Å². The molecule has 4 nitrogen and oxygen atoms in total. The quantitative estimate of drug-likeness (QED) is 0.669. The summed E-state index contributed by atoms with van der Waals surface area (Å²) in [5.74, 6) is 0.168. The van der Waals surface area contributed by atoms with Gasteiger partial charge in [0, 0.05) is 18.8 Å². The molecule has 0 aliphatic carbocycles. The topological polar surface area (TPSA) is 66.0 Å². The first-order valence-electron chi connectivity index (χ1n) is 3.76. The van der Waals surface area contributed by atoms with Gasteiger partial charge in [-0.15, -0.1) is 0 Å². The number of hydrogen-bond acceptors (Lipinski definition) is 2. The van der Waals surface area contributed by atoms with Crippen molar-refractivity contribution in [3.05, 3.63) is 17.7 Å². The van der Waals surface area contributed by atoms with Crippen LogP contribution in [0, 0.1) is 6.92 Å². The molecule has 68 valence electrons. The van der Waals surface area contributed by atoms with Crippen LogP contribution in [0.4, 0.5) is 0 Å². The van der Waals surface area contributed by atoms with E-state index < -0.39 is 5.97 Å². The minimum atomic E-state index is -0.833. The lowest BCUT2D eigenvalue weighted by Crippen LogP contribution is -1.78. The number of rotatable bonds is 1. The molecule has 0 radical (unpaired) electrons. The fourth-order valence-electron chi connectivity index (χ4n) is 0.651. The van der Waals surface area contributed by atoms with Crippen LogP contribution in [0.2, 0.25) is 0 Å². The monoisotopic (exact) mass is 170 g/mol. The van der Waals surface area contributed by atoms with Gasteiger partial charge in [0.05, 0.1) is 0 Å². The van der Waals surface area contributed by atoms with E-state index in [1.807, 2.05) is 13.1 Å². The van der Waals surface area contributed by atoms with Gasteiger partial charge in [0.15, 0.2) is 0 Å². The lowest BCUT2D eigenvalue weighted by molar-refractivity contribution is -0.134. The van der Waals surface area contributed by atoms with Gasteiger partial charge in [0.1, 0.15) is 5.82 Å². The number of imidazole rings is 1. The molecule has 4 heteroatoms. The van der Waals surface area contributed by atoms with Crippen molar-refractivity contribution >= 4 is 5.97 Å². The van der Waals surface area contributed by atoms with Crippen molar-refractivity contribution in [1.29, 1.82) is 0 Å².